The van der Waals surface area contributed by atoms with E-state index >= 15 is 0 Å². The molecule has 0 bridgehead atoms. The fraction of sp³-hybridized carbons (Fsp3) is 0. The van der Waals surface area contributed by atoms with Crippen LogP contribution in [0.25, 0.3) is 11.8 Å². The molecule has 0 radical (unpaired) electrons. The lowest BCUT2D eigenvalue weighted by Gasteiger charge is -1.95. The zero-order valence-electron chi connectivity index (χ0n) is 8.34. The zero-order chi connectivity index (χ0) is 11.0. The molecule has 0 fully saturated rings. The summed E-state index contributed by atoms with van der Waals surface area (Å²) in [6.07, 6.45) is 4.96. The molecule has 0 saturated heterocycles. The molecule has 3 rings (SSSR count). The van der Waals surface area contributed by atoms with E-state index in [1.807, 2.05) is 24.3 Å². The second-order valence-electron chi connectivity index (χ2n) is 3.50. The van der Waals surface area contributed by atoms with Gasteiger partial charge in [0.1, 0.15) is 5.76 Å². The molecule has 0 N–H and O–H groups in total. The second kappa shape index (κ2) is 3.38. The number of hydrogen-bond acceptors (Lipinski definition) is 3. The number of esters is 1. The Labute approximate surface area is 92.0 Å². The Bertz CT molecular complexity index is 565. The first-order valence-electron chi connectivity index (χ1n) is 4.90. The Balaban J connectivity index is 2.10. The number of carbonyl (C=O) groups is 1. The van der Waals surface area contributed by atoms with Crippen LogP contribution in [-0.4, -0.2) is 5.97 Å². The summed E-state index contributed by atoms with van der Waals surface area (Å²) in [4.78, 5) is 11.5. The summed E-state index contributed by atoms with van der Waals surface area (Å²) < 4.78 is 10.1. The first-order chi connectivity index (χ1) is 7.84. The summed E-state index contributed by atoms with van der Waals surface area (Å²) in [6.45, 7) is 0. The predicted molar refractivity (Wildman–Crippen MR) is 58.4 cm³/mol. The van der Waals surface area contributed by atoms with E-state index in [9.17, 15) is 4.79 Å². The largest absolute Gasteiger partial charge is 0.472 e. The number of hydrogen-bond donors (Lipinski definition) is 0. The average molecular weight is 212 g/mol. The van der Waals surface area contributed by atoms with Crippen molar-refractivity contribution in [3.63, 3.8) is 0 Å². The van der Waals surface area contributed by atoms with E-state index in [0.717, 1.165) is 11.1 Å². The Morgan fingerprint density at radius 3 is 2.62 bits per heavy atom. The van der Waals surface area contributed by atoms with Gasteiger partial charge >= 0.3 is 5.97 Å². The molecule has 78 valence electrons. The van der Waals surface area contributed by atoms with Crippen molar-refractivity contribution < 1.29 is 13.9 Å². The maximum atomic E-state index is 11.5. The van der Waals surface area contributed by atoms with Gasteiger partial charge in [-0.2, -0.15) is 0 Å². The van der Waals surface area contributed by atoms with Gasteiger partial charge < -0.3 is 9.15 Å². The molecule has 0 saturated carbocycles. The number of rotatable bonds is 1. The zero-order valence-corrected chi connectivity index (χ0v) is 8.34. The minimum Gasteiger partial charge on any atom is -0.472 e. The SMILES string of the molecule is O=C1O/C(=C\c2ccoc2)c2ccccc21. The van der Waals surface area contributed by atoms with Crippen molar-refractivity contribution in [2.45, 2.75) is 0 Å². The molecule has 1 aromatic carbocycles. The monoisotopic (exact) mass is 212 g/mol. The third-order valence-electron chi connectivity index (χ3n) is 2.46. The quantitative estimate of drug-likeness (QED) is 0.682. The highest BCUT2D eigenvalue weighted by atomic mass is 16.5. The van der Waals surface area contributed by atoms with E-state index in [-0.39, 0.29) is 5.97 Å². The molecule has 1 aliphatic rings. The summed E-state index contributed by atoms with van der Waals surface area (Å²) >= 11 is 0. The van der Waals surface area contributed by atoms with Crippen LogP contribution in [0.2, 0.25) is 0 Å². The number of carbonyl (C=O) groups excluding carboxylic acids is 1. The summed E-state index contributed by atoms with van der Waals surface area (Å²) in [5.41, 5.74) is 2.31. The van der Waals surface area contributed by atoms with Crippen molar-refractivity contribution in [2.75, 3.05) is 0 Å². The molecule has 3 nitrogen and oxygen atoms in total. The molecular weight excluding hydrogens is 204 g/mol. The minimum absolute atomic E-state index is 0.301. The molecule has 0 aliphatic carbocycles. The first kappa shape index (κ1) is 8.97. The van der Waals surface area contributed by atoms with Crippen LogP contribution in [0.1, 0.15) is 21.5 Å². The van der Waals surface area contributed by atoms with Crippen LogP contribution >= 0.6 is 0 Å². The van der Waals surface area contributed by atoms with E-state index in [0.29, 0.717) is 11.3 Å². The maximum absolute atomic E-state index is 11.5. The number of ether oxygens (including phenoxy) is 1. The molecule has 2 aromatic rings. The lowest BCUT2D eigenvalue weighted by Crippen LogP contribution is -1.92. The van der Waals surface area contributed by atoms with Gasteiger partial charge in [0.05, 0.1) is 18.1 Å². The molecular formula is C13H8O3. The van der Waals surface area contributed by atoms with Crippen LogP contribution < -0.4 is 0 Å². The summed E-state index contributed by atoms with van der Waals surface area (Å²) in [5.74, 6) is 0.271. The molecule has 3 heteroatoms. The van der Waals surface area contributed by atoms with Crippen molar-refractivity contribution in [1.29, 1.82) is 0 Å². The minimum atomic E-state index is -0.301. The second-order valence-corrected chi connectivity index (χ2v) is 3.50. The van der Waals surface area contributed by atoms with E-state index in [1.165, 1.54) is 0 Å². The van der Waals surface area contributed by atoms with Crippen molar-refractivity contribution in [3.8, 4) is 0 Å². The van der Waals surface area contributed by atoms with Gasteiger partial charge in [-0.05, 0) is 18.2 Å². The molecule has 0 spiro atoms. The Kier molecular flexibility index (Phi) is 1.90. The number of benzene rings is 1. The third-order valence-corrected chi connectivity index (χ3v) is 2.46. The van der Waals surface area contributed by atoms with E-state index in [1.54, 1.807) is 24.7 Å². The van der Waals surface area contributed by atoms with Gasteiger partial charge in [0.2, 0.25) is 0 Å². The van der Waals surface area contributed by atoms with Gasteiger partial charge in [0, 0.05) is 11.1 Å². The fourth-order valence-corrected chi connectivity index (χ4v) is 1.70. The van der Waals surface area contributed by atoms with Crippen LogP contribution in [0.5, 0.6) is 0 Å². The Hall–Kier alpha value is -2.29. The Morgan fingerprint density at radius 1 is 1.06 bits per heavy atom. The molecule has 1 aromatic heterocycles. The fourth-order valence-electron chi connectivity index (χ4n) is 1.70. The van der Waals surface area contributed by atoms with Gasteiger partial charge in [0.25, 0.3) is 0 Å². The number of cyclic esters (lactones) is 1. The van der Waals surface area contributed by atoms with Crippen molar-refractivity contribution >= 4 is 17.8 Å². The smallest absolute Gasteiger partial charge is 0.344 e. The first-order valence-corrected chi connectivity index (χ1v) is 4.90. The topological polar surface area (TPSA) is 39.4 Å². The molecule has 0 atom stereocenters. The van der Waals surface area contributed by atoms with Crippen molar-refractivity contribution in [1.82, 2.24) is 0 Å². The number of furan rings is 1. The van der Waals surface area contributed by atoms with E-state index in [4.69, 9.17) is 9.15 Å². The highest BCUT2D eigenvalue weighted by Gasteiger charge is 2.25. The molecule has 1 aliphatic heterocycles. The number of fused-ring (bicyclic) bond motifs is 1. The molecule has 0 amide bonds. The highest BCUT2D eigenvalue weighted by Crippen LogP contribution is 2.30. The molecule has 2 heterocycles. The maximum Gasteiger partial charge on any atom is 0.344 e. The Morgan fingerprint density at radius 2 is 1.88 bits per heavy atom. The van der Waals surface area contributed by atoms with Crippen molar-refractivity contribution in [2.24, 2.45) is 0 Å². The van der Waals surface area contributed by atoms with E-state index < -0.39 is 0 Å². The summed E-state index contributed by atoms with van der Waals surface area (Å²) in [5, 5.41) is 0. The van der Waals surface area contributed by atoms with Gasteiger partial charge in [-0.25, -0.2) is 4.79 Å². The lowest BCUT2D eigenvalue weighted by atomic mass is 10.1. The average Bonchev–Trinajstić information content (AvgIpc) is 2.90. The van der Waals surface area contributed by atoms with Gasteiger partial charge in [-0.15, -0.1) is 0 Å². The molecule has 16 heavy (non-hydrogen) atoms. The van der Waals surface area contributed by atoms with Crippen LogP contribution in [0.3, 0.4) is 0 Å². The van der Waals surface area contributed by atoms with Crippen LogP contribution in [-0.2, 0) is 4.74 Å². The van der Waals surface area contributed by atoms with Gasteiger partial charge in [-0.1, -0.05) is 18.2 Å². The van der Waals surface area contributed by atoms with Gasteiger partial charge in [-0.3, -0.25) is 0 Å². The molecule has 0 unspecified atom stereocenters. The predicted octanol–water partition coefficient (Wildman–Crippen LogP) is 2.95. The standard InChI is InChI=1S/C13H8O3/c14-13-11-4-2-1-3-10(11)12(16-13)7-9-5-6-15-8-9/h1-8H/b12-7-. The van der Waals surface area contributed by atoms with E-state index in [2.05, 4.69) is 0 Å². The van der Waals surface area contributed by atoms with Crippen LogP contribution in [0.15, 0.2) is 47.3 Å². The lowest BCUT2D eigenvalue weighted by molar-refractivity contribution is 0.0717. The third kappa shape index (κ3) is 1.34. The normalized spacial score (nSPS) is 16.2. The van der Waals surface area contributed by atoms with Crippen LogP contribution in [0.4, 0.5) is 0 Å². The highest BCUT2D eigenvalue weighted by molar-refractivity contribution is 6.05. The van der Waals surface area contributed by atoms with Crippen LogP contribution in [0, 0.1) is 0 Å². The van der Waals surface area contributed by atoms with Gasteiger partial charge in [0.15, 0.2) is 0 Å². The summed E-state index contributed by atoms with van der Waals surface area (Å²) in [6, 6.07) is 9.13. The van der Waals surface area contributed by atoms with Crippen molar-refractivity contribution in [3.05, 3.63) is 59.5 Å². The summed E-state index contributed by atoms with van der Waals surface area (Å²) in [7, 11) is 0.